The first kappa shape index (κ1) is 13.0. The van der Waals surface area contributed by atoms with Crippen LogP contribution in [0.5, 0.6) is 11.8 Å². The largest absolute Gasteiger partial charge is 0.478 e. The molecule has 1 aromatic carbocycles. The Morgan fingerprint density at radius 3 is 2.89 bits per heavy atom. The standard InChI is InChI=1S/C12H6BrN3O3/c13-7-1-2-9(11(17)18)10(5-7)19-12-15-4-3-8(6-14)16-12/h1-5H,(H,17,18). The van der Waals surface area contributed by atoms with E-state index in [1.807, 2.05) is 6.07 Å². The van der Waals surface area contributed by atoms with Crippen molar-refractivity contribution < 1.29 is 14.6 Å². The summed E-state index contributed by atoms with van der Waals surface area (Å²) in [5, 5.41) is 17.8. The van der Waals surface area contributed by atoms with Gasteiger partial charge in [0.1, 0.15) is 23.1 Å². The number of hydrogen-bond acceptors (Lipinski definition) is 5. The lowest BCUT2D eigenvalue weighted by molar-refractivity contribution is 0.0694. The van der Waals surface area contributed by atoms with Gasteiger partial charge < -0.3 is 9.84 Å². The normalized spacial score (nSPS) is 9.68. The molecule has 0 atom stereocenters. The van der Waals surface area contributed by atoms with Crippen molar-refractivity contribution in [2.75, 3.05) is 0 Å². The minimum Gasteiger partial charge on any atom is -0.478 e. The second-order valence-electron chi connectivity index (χ2n) is 3.38. The number of hydrogen-bond donors (Lipinski definition) is 1. The highest BCUT2D eigenvalue weighted by molar-refractivity contribution is 9.10. The molecule has 0 aliphatic rings. The average molecular weight is 320 g/mol. The van der Waals surface area contributed by atoms with Crippen molar-refractivity contribution in [2.24, 2.45) is 0 Å². The van der Waals surface area contributed by atoms with Gasteiger partial charge in [0, 0.05) is 10.7 Å². The molecule has 0 bridgehead atoms. The molecular formula is C12H6BrN3O3. The minimum absolute atomic E-state index is 0.0193. The maximum Gasteiger partial charge on any atom is 0.339 e. The van der Waals surface area contributed by atoms with Crippen molar-refractivity contribution in [1.29, 1.82) is 5.26 Å². The molecule has 0 radical (unpaired) electrons. The molecule has 0 spiro atoms. The van der Waals surface area contributed by atoms with Crippen LogP contribution in [0.3, 0.4) is 0 Å². The van der Waals surface area contributed by atoms with Crippen molar-refractivity contribution in [3.8, 4) is 17.8 Å². The number of carboxylic acid groups (broad SMARTS) is 1. The molecule has 0 saturated carbocycles. The first-order valence-corrected chi connectivity index (χ1v) is 5.83. The van der Waals surface area contributed by atoms with Gasteiger partial charge in [-0.3, -0.25) is 0 Å². The van der Waals surface area contributed by atoms with Crippen LogP contribution >= 0.6 is 15.9 Å². The predicted molar refractivity (Wildman–Crippen MR) is 67.9 cm³/mol. The Morgan fingerprint density at radius 1 is 1.42 bits per heavy atom. The van der Waals surface area contributed by atoms with Gasteiger partial charge in [0.05, 0.1) is 0 Å². The molecule has 0 amide bonds. The predicted octanol–water partition coefficient (Wildman–Crippen LogP) is 2.60. The van der Waals surface area contributed by atoms with Gasteiger partial charge in [0.25, 0.3) is 0 Å². The molecule has 94 valence electrons. The van der Waals surface area contributed by atoms with Crippen molar-refractivity contribution in [3.05, 3.63) is 46.2 Å². The smallest absolute Gasteiger partial charge is 0.339 e. The SMILES string of the molecule is N#Cc1ccnc(Oc2cc(Br)ccc2C(=O)O)n1. The van der Waals surface area contributed by atoms with Crippen LogP contribution < -0.4 is 4.74 Å². The highest BCUT2D eigenvalue weighted by atomic mass is 79.9. The molecule has 6 nitrogen and oxygen atoms in total. The second-order valence-corrected chi connectivity index (χ2v) is 4.30. The Balaban J connectivity index is 2.40. The fourth-order valence-electron chi connectivity index (χ4n) is 1.31. The van der Waals surface area contributed by atoms with E-state index in [2.05, 4.69) is 25.9 Å². The third kappa shape index (κ3) is 3.05. The summed E-state index contributed by atoms with van der Waals surface area (Å²) in [6.45, 7) is 0. The zero-order valence-corrected chi connectivity index (χ0v) is 11.0. The topological polar surface area (TPSA) is 96.1 Å². The number of ether oxygens (including phenoxy) is 1. The summed E-state index contributed by atoms with van der Waals surface area (Å²) in [6.07, 6.45) is 1.36. The van der Waals surface area contributed by atoms with Gasteiger partial charge >= 0.3 is 12.0 Å². The summed E-state index contributed by atoms with van der Waals surface area (Å²) >= 11 is 3.22. The van der Waals surface area contributed by atoms with E-state index in [1.165, 1.54) is 24.4 Å². The molecule has 0 fully saturated rings. The van der Waals surface area contributed by atoms with Gasteiger partial charge in [0.2, 0.25) is 0 Å². The number of aromatic nitrogens is 2. The van der Waals surface area contributed by atoms with Crippen molar-refractivity contribution in [2.45, 2.75) is 0 Å². The van der Waals surface area contributed by atoms with Crippen LogP contribution in [0.25, 0.3) is 0 Å². The maximum atomic E-state index is 11.1. The van der Waals surface area contributed by atoms with Gasteiger partial charge in [-0.15, -0.1) is 0 Å². The molecule has 19 heavy (non-hydrogen) atoms. The van der Waals surface area contributed by atoms with Crippen molar-refractivity contribution in [3.63, 3.8) is 0 Å². The number of rotatable bonds is 3. The van der Waals surface area contributed by atoms with Gasteiger partial charge in [-0.2, -0.15) is 10.2 Å². The summed E-state index contributed by atoms with van der Waals surface area (Å²) in [5.74, 6) is -1.03. The van der Waals surface area contributed by atoms with E-state index < -0.39 is 5.97 Å². The highest BCUT2D eigenvalue weighted by Crippen LogP contribution is 2.27. The van der Waals surface area contributed by atoms with Gasteiger partial charge in [-0.1, -0.05) is 15.9 Å². The zero-order chi connectivity index (χ0) is 13.8. The van der Waals surface area contributed by atoms with Gasteiger partial charge in [0.15, 0.2) is 0 Å². The number of aromatic carboxylic acids is 1. The van der Waals surface area contributed by atoms with Crippen LogP contribution in [0.2, 0.25) is 0 Å². The molecule has 1 heterocycles. The Labute approximate surface area is 116 Å². The molecule has 7 heteroatoms. The van der Waals surface area contributed by atoms with E-state index in [0.29, 0.717) is 4.47 Å². The second kappa shape index (κ2) is 5.46. The molecule has 1 aromatic heterocycles. The molecular weight excluding hydrogens is 314 g/mol. The fraction of sp³-hybridized carbons (Fsp3) is 0. The van der Waals surface area contributed by atoms with Crippen LogP contribution in [0.15, 0.2) is 34.9 Å². The van der Waals surface area contributed by atoms with Crippen LogP contribution in [-0.4, -0.2) is 21.0 Å². The fourth-order valence-corrected chi connectivity index (χ4v) is 1.65. The average Bonchev–Trinajstić information content (AvgIpc) is 2.38. The lowest BCUT2D eigenvalue weighted by Crippen LogP contribution is -2.01. The first-order valence-electron chi connectivity index (χ1n) is 5.04. The van der Waals surface area contributed by atoms with E-state index in [1.54, 1.807) is 6.07 Å². The Bertz CT molecular complexity index is 682. The number of carbonyl (C=O) groups is 1. The molecule has 2 rings (SSSR count). The summed E-state index contributed by atoms with van der Waals surface area (Å²) < 4.78 is 5.97. The number of benzene rings is 1. The van der Waals surface area contributed by atoms with Crippen LogP contribution in [-0.2, 0) is 0 Å². The van der Waals surface area contributed by atoms with Crippen molar-refractivity contribution >= 4 is 21.9 Å². The molecule has 0 saturated heterocycles. The quantitative estimate of drug-likeness (QED) is 0.934. The van der Waals surface area contributed by atoms with Gasteiger partial charge in [-0.25, -0.2) is 9.78 Å². The van der Waals surface area contributed by atoms with E-state index >= 15 is 0 Å². The number of carboxylic acids is 1. The molecule has 0 unspecified atom stereocenters. The molecule has 2 aromatic rings. The Hall–Kier alpha value is -2.46. The van der Waals surface area contributed by atoms with Gasteiger partial charge in [-0.05, 0) is 24.3 Å². The van der Waals surface area contributed by atoms with E-state index in [-0.39, 0.29) is 23.0 Å². The third-order valence-corrected chi connectivity index (χ3v) is 2.62. The molecule has 0 aliphatic carbocycles. The van der Waals surface area contributed by atoms with Crippen LogP contribution in [0, 0.1) is 11.3 Å². The van der Waals surface area contributed by atoms with E-state index in [9.17, 15) is 4.79 Å². The monoisotopic (exact) mass is 319 g/mol. The summed E-state index contributed by atoms with van der Waals surface area (Å²) in [5.41, 5.74) is 0.117. The van der Waals surface area contributed by atoms with Crippen LogP contribution in [0.4, 0.5) is 0 Å². The summed E-state index contributed by atoms with van der Waals surface area (Å²) in [6, 6.07) is 7.66. The highest BCUT2D eigenvalue weighted by Gasteiger charge is 2.13. The van der Waals surface area contributed by atoms with Crippen LogP contribution in [0.1, 0.15) is 16.1 Å². The maximum absolute atomic E-state index is 11.1. The minimum atomic E-state index is -1.13. The zero-order valence-electron chi connectivity index (χ0n) is 9.37. The first-order chi connectivity index (χ1) is 9.10. The molecule has 0 aliphatic heterocycles. The van der Waals surface area contributed by atoms with E-state index in [4.69, 9.17) is 15.1 Å². The van der Waals surface area contributed by atoms with Crippen molar-refractivity contribution in [1.82, 2.24) is 9.97 Å². The molecule has 1 N–H and O–H groups in total. The Morgan fingerprint density at radius 2 is 2.21 bits per heavy atom. The van der Waals surface area contributed by atoms with E-state index in [0.717, 1.165) is 0 Å². The lowest BCUT2D eigenvalue weighted by Gasteiger charge is -2.07. The summed E-state index contributed by atoms with van der Waals surface area (Å²) in [4.78, 5) is 18.7. The number of nitriles is 1. The lowest BCUT2D eigenvalue weighted by atomic mass is 10.2. The Kier molecular flexibility index (Phi) is 3.73. The number of nitrogens with zero attached hydrogens (tertiary/aromatic N) is 3. The number of halogens is 1. The summed E-state index contributed by atoms with van der Waals surface area (Å²) in [7, 11) is 0. The third-order valence-electron chi connectivity index (χ3n) is 2.12.